The fourth-order valence-corrected chi connectivity index (χ4v) is 3.04. The predicted molar refractivity (Wildman–Crippen MR) is 85.0 cm³/mol. The smallest absolute Gasteiger partial charge is 0.124 e. The van der Waals surface area contributed by atoms with Gasteiger partial charge in [-0.1, -0.05) is 57.0 Å². The monoisotopic (exact) mass is 273 g/mol. The zero-order valence-corrected chi connectivity index (χ0v) is 12.6. The molecule has 1 saturated carbocycles. The summed E-state index contributed by atoms with van der Waals surface area (Å²) in [5.74, 6) is 1.89. The van der Waals surface area contributed by atoms with Crippen LogP contribution in [0, 0.1) is 5.92 Å². The number of hydrogen-bond acceptors (Lipinski definition) is 2. The zero-order valence-electron chi connectivity index (χ0n) is 12.6. The lowest BCUT2D eigenvalue weighted by Gasteiger charge is -2.29. The number of ether oxygens (including phenoxy) is 1. The lowest BCUT2D eigenvalue weighted by atomic mass is 9.84. The number of benzene rings is 1. The molecule has 2 nitrogen and oxygen atoms in total. The number of rotatable bonds is 7. The van der Waals surface area contributed by atoms with E-state index in [1.54, 1.807) is 6.08 Å². The maximum Gasteiger partial charge on any atom is 0.124 e. The molecule has 20 heavy (non-hydrogen) atoms. The van der Waals surface area contributed by atoms with E-state index in [1.165, 1.54) is 37.7 Å². The number of para-hydroxylation sites is 1. The first-order chi connectivity index (χ1) is 9.83. The van der Waals surface area contributed by atoms with Crippen LogP contribution in [0.3, 0.4) is 0 Å². The Hall–Kier alpha value is -1.28. The summed E-state index contributed by atoms with van der Waals surface area (Å²) in [5.41, 5.74) is 1.24. The highest BCUT2D eigenvalue weighted by Crippen LogP contribution is 2.27. The van der Waals surface area contributed by atoms with Gasteiger partial charge in [-0.3, -0.25) is 0 Å². The zero-order chi connectivity index (χ0) is 14.2. The minimum absolute atomic E-state index is 0.568. The average molecular weight is 273 g/mol. The van der Waals surface area contributed by atoms with Gasteiger partial charge in [0.05, 0.1) is 0 Å². The third-order valence-corrected chi connectivity index (χ3v) is 4.27. The van der Waals surface area contributed by atoms with Crippen molar-refractivity contribution in [1.29, 1.82) is 0 Å². The molecule has 1 aliphatic rings. The minimum atomic E-state index is 0.568. The summed E-state index contributed by atoms with van der Waals surface area (Å²) in [6, 6.07) is 8.95. The molecule has 0 bridgehead atoms. The van der Waals surface area contributed by atoms with Gasteiger partial charge in [0, 0.05) is 18.2 Å². The Morgan fingerprint density at radius 2 is 2.20 bits per heavy atom. The molecule has 0 saturated heterocycles. The molecule has 0 amide bonds. The molecule has 0 heterocycles. The van der Waals surface area contributed by atoms with Crippen LogP contribution in [0.1, 0.15) is 44.6 Å². The SMILES string of the molecule is C=CCOc1ccccc1CNC1CCCC(CC)C1. The average Bonchev–Trinajstić information content (AvgIpc) is 2.52. The van der Waals surface area contributed by atoms with Crippen LogP contribution in [0.5, 0.6) is 5.75 Å². The Kier molecular flexibility index (Phi) is 6.13. The van der Waals surface area contributed by atoms with E-state index in [1.807, 2.05) is 12.1 Å². The van der Waals surface area contributed by atoms with E-state index >= 15 is 0 Å². The van der Waals surface area contributed by atoms with E-state index in [0.717, 1.165) is 18.2 Å². The maximum atomic E-state index is 5.71. The molecule has 0 aromatic heterocycles. The highest BCUT2D eigenvalue weighted by molar-refractivity contribution is 5.33. The molecular weight excluding hydrogens is 246 g/mol. The van der Waals surface area contributed by atoms with Gasteiger partial charge >= 0.3 is 0 Å². The summed E-state index contributed by atoms with van der Waals surface area (Å²) < 4.78 is 5.71. The Morgan fingerprint density at radius 1 is 1.35 bits per heavy atom. The van der Waals surface area contributed by atoms with Gasteiger partial charge < -0.3 is 10.1 Å². The van der Waals surface area contributed by atoms with Crippen molar-refractivity contribution in [3.63, 3.8) is 0 Å². The van der Waals surface area contributed by atoms with Gasteiger partial charge in [-0.05, 0) is 24.8 Å². The second kappa shape index (κ2) is 8.11. The first-order valence-electron chi connectivity index (χ1n) is 7.88. The van der Waals surface area contributed by atoms with E-state index in [-0.39, 0.29) is 0 Å². The van der Waals surface area contributed by atoms with E-state index in [9.17, 15) is 0 Å². The highest BCUT2D eigenvalue weighted by atomic mass is 16.5. The van der Waals surface area contributed by atoms with Crippen LogP contribution < -0.4 is 10.1 Å². The van der Waals surface area contributed by atoms with Gasteiger partial charge in [0.2, 0.25) is 0 Å². The van der Waals surface area contributed by atoms with Crippen LogP contribution in [-0.4, -0.2) is 12.6 Å². The van der Waals surface area contributed by atoms with Crippen LogP contribution in [0.25, 0.3) is 0 Å². The molecule has 110 valence electrons. The topological polar surface area (TPSA) is 21.3 Å². The van der Waals surface area contributed by atoms with Crippen LogP contribution >= 0.6 is 0 Å². The van der Waals surface area contributed by atoms with Crippen molar-refractivity contribution in [2.24, 2.45) is 5.92 Å². The van der Waals surface area contributed by atoms with Gasteiger partial charge in [-0.2, -0.15) is 0 Å². The summed E-state index contributed by atoms with van der Waals surface area (Å²) in [5, 5.41) is 3.71. The van der Waals surface area contributed by atoms with Crippen molar-refractivity contribution in [3.05, 3.63) is 42.5 Å². The highest BCUT2D eigenvalue weighted by Gasteiger charge is 2.20. The fraction of sp³-hybridized carbons (Fsp3) is 0.556. The van der Waals surface area contributed by atoms with Crippen LogP contribution in [0.15, 0.2) is 36.9 Å². The quantitative estimate of drug-likeness (QED) is 0.747. The lowest BCUT2D eigenvalue weighted by molar-refractivity contribution is 0.277. The van der Waals surface area contributed by atoms with E-state index in [4.69, 9.17) is 4.74 Å². The molecule has 2 rings (SSSR count). The molecule has 0 spiro atoms. The number of nitrogens with one attached hydrogen (secondary N) is 1. The fourth-order valence-electron chi connectivity index (χ4n) is 3.04. The van der Waals surface area contributed by atoms with Gasteiger partial charge in [0.15, 0.2) is 0 Å². The Bertz CT molecular complexity index is 416. The molecule has 1 fully saturated rings. The first kappa shape index (κ1) is 15.1. The van der Waals surface area contributed by atoms with Crippen LogP contribution in [-0.2, 0) is 6.54 Å². The summed E-state index contributed by atoms with van der Waals surface area (Å²) in [7, 11) is 0. The van der Waals surface area contributed by atoms with Gasteiger partial charge in [-0.25, -0.2) is 0 Å². The molecule has 0 radical (unpaired) electrons. The summed E-state index contributed by atoms with van der Waals surface area (Å²) in [6.45, 7) is 7.48. The third kappa shape index (κ3) is 4.38. The largest absolute Gasteiger partial charge is 0.489 e. The van der Waals surface area contributed by atoms with E-state index < -0.39 is 0 Å². The molecule has 1 aromatic rings. The molecule has 1 aromatic carbocycles. The molecule has 1 N–H and O–H groups in total. The van der Waals surface area contributed by atoms with Crippen LogP contribution in [0.2, 0.25) is 0 Å². The van der Waals surface area contributed by atoms with Crippen LogP contribution in [0.4, 0.5) is 0 Å². The van der Waals surface area contributed by atoms with Crippen molar-refractivity contribution < 1.29 is 4.74 Å². The molecule has 2 unspecified atom stereocenters. The second-order valence-corrected chi connectivity index (χ2v) is 5.73. The molecular formula is C18H27NO. The second-order valence-electron chi connectivity index (χ2n) is 5.73. The van der Waals surface area contributed by atoms with Gasteiger partial charge in [-0.15, -0.1) is 0 Å². The first-order valence-corrected chi connectivity index (χ1v) is 7.88. The maximum absolute atomic E-state index is 5.71. The van der Waals surface area contributed by atoms with Crippen molar-refractivity contribution in [1.82, 2.24) is 5.32 Å². The van der Waals surface area contributed by atoms with Crippen molar-refractivity contribution >= 4 is 0 Å². The van der Waals surface area contributed by atoms with Crippen molar-refractivity contribution in [2.45, 2.75) is 51.6 Å². The summed E-state index contributed by atoms with van der Waals surface area (Å²) in [4.78, 5) is 0. The molecule has 0 aliphatic heterocycles. The standard InChI is InChI=1S/C18H27NO/c1-3-12-20-18-11-6-5-9-16(18)14-19-17-10-7-8-15(4-2)13-17/h3,5-6,9,11,15,17,19H,1,4,7-8,10,12-14H2,2H3. The van der Waals surface area contributed by atoms with Gasteiger partial charge in [0.25, 0.3) is 0 Å². The van der Waals surface area contributed by atoms with E-state index in [0.29, 0.717) is 12.6 Å². The molecule has 2 heteroatoms. The Morgan fingerprint density at radius 3 is 3.00 bits per heavy atom. The van der Waals surface area contributed by atoms with Crippen molar-refractivity contribution in [3.8, 4) is 5.75 Å². The Balaban J connectivity index is 1.88. The van der Waals surface area contributed by atoms with E-state index in [2.05, 4.69) is 31.0 Å². The molecule has 2 atom stereocenters. The molecule has 1 aliphatic carbocycles. The lowest BCUT2D eigenvalue weighted by Crippen LogP contribution is -2.33. The predicted octanol–water partition coefficient (Wildman–Crippen LogP) is 4.31. The van der Waals surface area contributed by atoms with Gasteiger partial charge in [0.1, 0.15) is 12.4 Å². The summed E-state index contributed by atoms with van der Waals surface area (Å²) >= 11 is 0. The normalized spacial score (nSPS) is 22.4. The third-order valence-electron chi connectivity index (χ3n) is 4.27. The van der Waals surface area contributed by atoms with Crippen molar-refractivity contribution in [2.75, 3.05) is 6.61 Å². The summed E-state index contributed by atoms with van der Waals surface area (Å²) in [6.07, 6.45) is 8.52. The minimum Gasteiger partial charge on any atom is -0.489 e. The Labute approximate surface area is 123 Å². The number of hydrogen-bond donors (Lipinski definition) is 1.